The first-order chi connectivity index (χ1) is 10.0. The highest BCUT2D eigenvalue weighted by Gasteiger charge is 2.29. The lowest BCUT2D eigenvalue weighted by atomic mass is 9.77. The molecule has 2 saturated carbocycles. The average Bonchev–Trinajstić information content (AvgIpc) is 2.54. The van der Waals surface area contributed by atoms with E-state index in [2.05, 4.69) is 20.8 Å². The first-order valence-corrected chi connectivity index (χ1v) is 9.22. The third kappa shape index (κ3) is 4.66. The van der Waals surface area contributed by atoms with Gasteiger partial charge in [0.1, 0.15) is 0 Å². The molecule has 0 aliphatic heterocycles. The monoisotopic (exact) mass is 290 g/mol. The van der Waals surface area contributed by atoms with Crippen LogP contribution in [-0.2, 0) is 0 Å². The summed E-state index contributed by atoms with van der Waals surface area (Å²) in [5.74, 6) is 1.06. The molecular weight excluding hydrogens is 256 g/mol. The predicted molar refractivity (Wildman–Crippen MR) is 92.7 cm³/mol. The Kier molecular flexibility index (Phi) is 6.01. The minimum atomic E-state index is -0.00620. The Labute approximate surface area is 131 Å². The van der Waals surface area contributed by atoms with Crippen LogP contribution < -0.4 is 0 Å². The van der Waals surface area contributed by atoms with Crippen molar-refractivity contribution in [1.29, 1.82) is 5.41 Å². The summed E-state index contributed by atoms with van der Waals surface area (Å²) in [6, 6.07) is 0. The van der Waals surface area contributed by atoms with Gasteiger partial charge in [-0.1, -0.05) is 45.4 Å². The lowest BCUT2D eigenvalue weighted by molar-refractivity contribution is 0.421. The van der Waals surface area contributed by atoms with Gasteiger partial charge in [-0.05, 0) is 46.0 Å². The maximum Gasteiger partial charge on any atom is 0.0596 e. The number of nitrogens with one attached hydrogen (secondary N) is 1. The molecule has 2 aliphatic rings. The highest BCUT2D eigenvalue weighted by atomic mass is 14.9. The topological polar surface area (TPSA) is 36.2 Å². The van der Waals surface area contributed by atoms with E-state index in [9.17, 15) is 0 Å². The van der Waals surface area contributed by atoms with Crippen molar-refractivity contribution < 1.29 is 0 Å². The van der Waals surface area contributed by atoms with E-state index in [4.69, 9.17) is 10.4 Å². The molecule has 0 unspecified atom stereocenters. The van der Waals surface area contributed by atoms with E-state index in [0.717, 1.165) is 12.1 Å². The van der Waals surface area contributed by atoms with Crippen molar-refractivity contribution in [2.75, 3.05) is 0 Å². The van der Waals surface area contributed by atoms with Crippen molar-refractivity contribution in [1.82, 2.24) is 0 Å². The lowest BCUT2D eigenvalue weighted by Gasteiger charge is -2.31. The van der Waals surface area contributed by atoms with Gasteiger partial charge in [0.25, 0.3) is 0 Å². The molecule has 0 heterocycles. The van der Waals surface area contributed by atoms with E-state index in [0.29, 0.717) is 11.8 Å². The van der Waals surface area contributed by atoms with Gasteiger partial charge in [0.05, 0.1) is 17.0 Å². The molecule has 0 saturated heterocycles. The second kappa shape index (κ2) is 7.56. The molecular formula is C19H34N2. The van der Waals surface area contributed by atoms with Crippen molar-refractivity contribution in [3.05, 3.63) is 0 Å². The van der Waals surface area contributed by atoms with Crippen molar-refractivity contribution in [3.63, 3.8) is 0 Å². The summed E-state index contributed by atoms with van der Waals surface area (Å²) in [4.78, 5) is 5.12. The van der Waals surface area contributed by atoms with E-state index < -0.39 is 0 Å². The van der Waals surface area contributed by atoms with Crippen LogP contribution in [0.5, 0.6) is 0 Å². The Bertz CT molecular complexity index is 369. The van der Waals surface area contributed by atoms with Gasteiger partial charge >= 0.3 is 0 Å². The normalized spacial score (nSPS) is 23.3. The van der Waals surface area contributed by atoms with Gasteiger partial charge in [-0.25, -0.2) is 0 Å². The zero-order valence-electron chi connectivity index (χ0n) is 14.4. The Morgan fingerprint density at radius 1 is 0.905 bits per heavy atom. The summed E-state index contributed by atoms with van der Waals surface area (Å²) in [5.41, 5.74) is 2.09. The fourth-order valence-corrected chi connectivity index (χ4v) is 3.75. The summed E-state index contributed by atoms with van der Waals surface area (Å²) in [6.45, 7) is 6.67. The average molecular weight is 290 g/mol. The standard InChI is InChI=1S/C19H34N2/c1-4-19(2,3)21-18(16-13-9-6-10-14-16)17(20)15-11-7-5-8-12-15/h15-16,20H,4-14H2,1-3H3/b20-17?,21-18+. The van der Waals surface area contributed by atoms with Crippen LogP contribution in [-0.4, -0.2) is 17.0 Å². The maximum atomic E-state index is 8.80. The third-order valence-corrected chi connectivity index (χ3v) is 5.57. The molecule has 0 atom stereocenters. The van der Waals surface area contributed by atoms with Crippen LogP contribution in [0.4, 0.5) is 0 Å². The summed E-state index contributed by atoms with van der Waals surface area (Å²) < 4.78 is 0. The van der Waals surface area contributed by atoms with Gasteiger partial charge in [0, 0.05) is 11.8 Å². The molecule has 0 aromatic heterocycles. The molecule has 2 aliphatic carbocycles. The fourth-order valence-electron chi connectivity index (χ4n) is 3.75. The summed E-state index contributed by atoms with van der Waals surface area (Å²) in [7, 11) is 0. The third-order valence-electron chi connectivity index (χ3n) is 5.57. The Morgan fingerprint density at radius 3 is 1.86 bits per heavy atom. The Morgan fingerprint density at radius 2 is 1.38 bits per heavy atom. The van der Waals surface area contributed by atoms with Crippen molar-refractivity contribution in [2.45, 2.75) is 96.9 Å². The molecule has 1 N–H and O–H groups in total. The number of rotatable bonds is 5. The molecule has 2 fully saturated rings. The van der Waals surface area contributed by atoms with Gasteiger partial charge in [0.2, 0.25) is 0 Å². The van der Waals surface area contributed by atoms with Crippen molar-refractivity contribution >= 4 is 11.4 Å². The molecule has 0 aromatic carbocycles. The first kappa shape index (κ1) is 16.7. The number of nitrogens with zero attached hydrogens (tertiary/aromatic N) is 1. The first-order valence-electron chi connectivity index (χ1n) is 9.22. The van der Waals surface area contributed by atoms with Crippen molar-refractivity contribution in [3.8, 4) is 0 Å². The highest BCUT2D eigenvalue weighted by molar-refractivity contribution is 6.42. The minimum Gasteiger partial charge on any atom is -0.303 e. The molecule has 120 valence electrons. The quantitative estimate of drug-likeness (QED) is 0.622. The van der Waals surface area contributed by atoms with Gasteiger partial charge in [-0.3, -0.25) is 4.99 Å². The summed E-state index contributed by atoms with van der Waals surface area (Å²) >= 11 is 0. The summed E-state index contributed by atoms with van der Waals surface area (Å²) in [5, 5.41) is 8.80. The molecule has 2 rings (SSSR count). The second-order valence-electron chi connectivity index (χ2n) is 7.75. The molecule has 2 heteroatoms. The van der Waals surface area contributed by atoms with Crippen LogP contribution in [0.25, 0.3) is 0 Å². The lowest BCUT2D eigenvalue weighted by Crippen LogP contribution is -2.34. The number of aliphatic imine (C=N–C) groups is 1. The molecule has 0 amide bonds. The fraction of sp³-hybridized carbons (Fsp3) is 0.895. The van der Waals surface area contributed by atoms with Gasteiger partial charge < -0.3 is 5.41 Å². The number of hydrogen-bond donors (Lipinski definition) is 1. The van der Waals surface area contributed by atoms with Crippen LogP contribution >= 0.6 is 0 Å². The van der Waals surface area contributed by atoms with Crippen LogP contribution in [0.1, 0.15) is 91.4 Å². The van der Waals surface area contributed by atoms with Crippen LogP contribution in [0, 0.1) is 17.2 Å². The van der Waals surface area contributed by atoms with Gasteiger partial charge in [0.15, 0.2) is 0 Å². The van der Waals surface area contributed by atoms with E-state index >= 15 is 0 Å². The predicted octanol–water partition coefficient (Wildman–Crippen LogP) is 5.80. The largest absolute Gasteiger partial charge is 0.303 e. The number of hydrogen-bond acceptors (Lipinski definition) is 2. The van der Waals surface area contributed by atoms with Crippen LogP contribution in [0.3, 0.4) is 0 Å². The van der Waals surface area contributed by atoms with E-state index in [1.165, 1.54) is 69.9 Å². The zero-order valence-corrected chi connectivity index (χ0v) is 14.4. The van der Waals surface area contributed by atoms with Gasteiger partial charge in [-0.2, -0.15) is 0 Å². The van der Waals surface area contributed by atoms with Crippen LogP contribution in [0.2, 0.25) is 0 Å². The van der Waals surface area contributed by atoms with E-state index in [1.54, 1.807) is 0 Å². The molecule has 2 nitrogen and oxygen atoms in total. The molecule has 0 aromatic rings. The van der Waals surface area contributed by atoms with Crippen molar-refractivity contribution in [2.24, 2.45) is 16.8 Å². The van der Waals surface area contributed by atoms with Crippen LogP contribution in [0.15, 0.2) is 4.99 Å². The SMILES string of the molecule is CCC(C)(C)/N=C(/C(=N)C1CCCCC1)C1CCCCC1. The second-order valence-corrected chi connectivity index (χ2v) is 7.75. The highest BCUT2D eigenvalue weighted by Crippen LogP contribution is 2.32. The smallest absolute Gasteiger partial charge is 0.0596 e. The summed E-state index contributed by atoms with van der Waals surface area (Å²) in [6.07, 6.45) is 14.0. The van der Waals surface area contributed by atoms with E-state index in [1.807, 2.05) is 0 Å². The molecule has 0 spiro atoms. The molecule has 21 heavy (non-hydrogen) atoms. The zero-order chi connectivity index (χ0) is 15.3. The molecule has 0 radical (unpaired) electrons. The van der Waals surface area contributed by atoms with Gasteiger partial charge in [-0.15, -0.1) is 0 Å². The minimum absolute atomic E-state index is 0.00620. The van der Waals surface area contributed by atoms with E-state index in [-0.39, 0.29) is 5.54 Å². The molecule has 0 bridgehead atoms. The Hall–Kier alpha value is -0.660. The Balaban J connectivity index is 2.19. The maximum absolute atomic E-state index is 8.80.